The second-order valence-corrected chi connectivity index (χ2v) is 6.87. The molecule has 0 saturated carbocycles. The summed E-state index contributed by atoms with van der Waals surface area (Å²) in [5.74, 6) is 0. The Morgan fingerprint density at radius 1 is 1.33 bits per heavy atom. The Hall–Kier alpha value is 0.120. The summed E-state index contributed by atoms with van der Waals surface area (Å²) in [6.45, 7) is 0. The molecule has 1 fully saturated rings. The third kappa shape index (κ3) is 1.02. The molecule has 0 aromatic heterocycles. The molecule has 2 atom stereocenters. The molecule has 1 nitrogen and oxygen atoms in total. The van der Waals surface area contributed by atoms with Crippen LogP contribution in [0.1, 0.15) is 11.1 Å². The van der Waals surface area contributed by atoms with Crippen LogP contribution in [0.5, 0.6) is 0 Å². The molecule has 15 heavy (non-hydrogen) atoms. The summed E-state index contributed by atoms with van der Waals surface area (Å²) in [6, 6.07) is 6.49. The minimum Gasteiger partial charge on any atom is -0.345 e. The minimum atomic E-state index is -0.0345. The van der Waals surface area contributed by atoms with Crippen molar-refractivity contribution < 1.29 is 4.74 Å². The summed E-state index contributed by atoms with van der Waals surface area (Å²) < 4.78 is 7.06. The van der Waals surface area contributed by atoms with E-state index in [1.807, 2.05) is 0 Å². The van der Waals surface area contributed by atoms with Crippen LogP contribution in [0.2, 0.25) is 0 Å². The molecule has 2 unspecified atom stereocenters. The van der Waals surface area contributed by atoms with Crippen molar-refractivity contribution in [1.82, 2.24) is 0 Å². The molecule has 1 aromatic carbocycles. The molecule has 3 heteroatoms. The predicted octanol–water partition coefficient (Wildman–Crippen LogP) is 3.62. The molecule has 0 radical (unpaired) electrons. The van der Waals surface area contributed by atoms with Gasteiger partial charge in [-0.3, -0.25) is 0 Å². The minimum absolute atomic E-state index is 0.0345. The highest BCUT2D eigenvalue weighted by atomic mass is 127. The lowest BCUT2D eigenvalue weighted by Crippen LogP contribution is -2.18. The van der Waals surface area contributed by atoms with E-state index in [1.165, 1.54) is 25.8 Å². The SMILES string of the molecule is Ic1cccc2c1C1=C2C=CC2(I)OC12. The van der Waals surface area contributed by atoms with Gasteiger partial charge in [0, 0.05) is 14.7 Å². The fraction of sp³-hybridized carbons (Fsp3) is 0.167. The van der Waals surface area contributed by atoms with Gasteiger partial charge in [0.05, 0.1) is 0 Å². The average Bonchev–Trinajstić information content (AvgIpc) is 2.83. The van der Waals surface area contributed by atoms with Gasteiger partial charge in [-0.15, -0.1) is 0 Å². The Morgan fingerprint density at radius 3 is 3.07 bits per heavy atom. The van der Waals surface area contributed by atoms with E-state index in [2.05, 4.69) is 75.5 Å². The van der Waals surface area contributed by atoms with Crippen LogP contribution in [0.25, 0.3) is 11.1 Å². The van der Waals surface area contributed by atoms with Gasteiger partial charge in [-0.05, 0) is 68.5 Å². The van der Waals surface area contributed by atoms with Crippen molar-refractivity contribution in [2.75, 3.05) is 0 Å². The Bertz CT molecular complexity index is 559. The Morgan fingerprint density at radius 2 is 2.20 bits per heavy atom. The van der Waals surface area contributed by atoms with Crippen LogP contribution in [0.15, 0.2) is 30.4 Å². The zero-order chi connectivity index (χ0) is 10.2. The lowest BCUT2D eigenvalue weighted by molar-refractivity contribution is 0.411. The van der Waals surface area contributed by atoms with Crippen LogP contribution < -0.4 is 0 Å². The quantitative estimate of drug-likeness (QED) is 0.355. The van der Waals surface area contributed by atoms with E-state index in [9.17, 15) is 0 Å². The van der Waals surface area contributed by atoms with E-state index >= 15 is 0 Å². The summed E-state index contributed by atoms with van der Waals surface area (Å²) in [4.78, 5) is 0. The van der Waals surface area contributed by atoms with Crippen LogP contribution >= 0.6 is 45.2 Å². The molecule has 1 aromatic rings. The summed E-state index contributed by atoms with van der Waals surface area (Å²) in [6.07, 6.45) is 4.70. The van der Waals surface area contributed by atoms with E-state index < -0.39 is 0 Å². The maximum atomic E-state index is 5.75. The smallest absolute Gasteiger partial charge is 0.168 e. The van der Waals surface area contributed by atoms with Gasteiger partial charge in [-0.1, -0.05) is 18.2 Å². The number of halogens is 2. The molecule has 1 heterocycles. The second kappa shape index (κ2) is 2.68. The second-order valence-electron chi connectivity index (χ2n) is 4.02. The van der Waals surface area contributed by atoms with E-state index in [4.69, 9.17) is 4.74 Å². The third-order valence-electron chi connectivity index (χ3n) is 3.20. The van der Waals surface area contributed by atoms with Crippen LogP contribution in [0.3, 0.4) is 0 Å². The molecule has 74 valence electrons. The third-order valence-corrected chi connectivity index (χ3v) is 5.28. The van der Waals surface area contributed by atoms with Gasteiger partial charge in [0.1, 0.15) is 6.10 Å². The summed E-state index contributed by atoms with van der Waals surface area (Å²) in [7, 11) is 0. The van der Waals surface area contributed by atoms with Gasteiger partial charge in [0.25, 0.3) is 0 Å². The summed E-state index contributed by atoms with van der Waals surface area (Å²) in [5.41, 5.74) is 5.62. The highest BCUT2D eigenvalue weighted by molar-refractivity contribution is 14.1. The van der Waals surface area contributed by atoms with E-state index in [0.29, 0.717) is 6.10 Å². The molecule has 3 aliphatic rings. The van der Waals surface area contributed by atoms with Gasteiger partial charge < -0.3 is 4.74 Å². The van der Waals surface area contributed by atoms with Crippen LogP contribution in [0.4, 0.5) is 0 Å². The number of allylic oxidation sites excluding steroid dienone is 2. The molecule has 4 rings (SSSR count). The van der Waals surface area contributed by atoms with E-state index in [0.717, 1.165) is 0 Å². The number of benzene rings is 1. The zero-order valence-electron chi connectivity index (χ0n) is 7.63. The predicted molar refractivity (Wildman–Crippen MR) is 76.7 cm³/mol. The van der Waals surface area contributed by atoms with Gasteiger partial charge >= 0.3 is 0 Å². The first kappa shape index (κ1) is 9.18. The Kier molecular flexibility index (Phi) is 1.64. The van der Waals surface area contributed by atoms with Crippen LogP contribution in [-0.2, 0) is 4.74 Å². The lowest BCUT2D eigenvalue weighted by atomic mass is 9.76. The molecule has 0 N–H and O–H groups in total. The van der Waals surface area contributed by atoms with Gasteiger partial charge in [-0.25, -0.2) is 0 Å². The standard InChI is InChI=1S/C12H6I2O/c13-8-3-1-2-6-7-4-5-12(14)11(15-12)10(7)9(6)8/h1-5,11H. The largest absolute Gasteiger partial charge is 0.345 e. The lowest BCUT2D eigenvalue weighted by Gasteiger charge is -2.28. The van der Waals surface area contributed by atoms with Crippen molar-refractivity contribution in [2.45, 2.75) is 9.71 Å². The van der Waals surface area contributed by atoms with Crippen molar-refractivity contribution in [2.24, 2.45) is 0 Å². The average molecular weight is 420 g/mol. The fourth-order valence-electron chi connectivity index (χ4n) is 2.42. The first-order valence-electron chi connectivity index (χ1n) is 4.80. The molecule has 2 aliphatic carbocycles. The number of hydrogen-bond acceptors (Lipinski definition) is 1. The van der Waals surface area contributed by atoms with Crippen molar-refractivity contribution in [3.63, 3.8) is 0 Å². The molecular formula is C12H6I2O. The monoisotopic (exact) mass is 420 g/mol. The molecule has 0 spiro atoms. The van der Waals surface area contributed by atoms with Gasteiger partial charge in [0.2, 0.25) is 0 Å². The van der Waals surface area contributed by atoms with Gasteiger partial charge in [0.15, 0.2) is 3.61 Å². The summed E-state index contributed by atoms with van der Waals surface area (Å²) >= 11 is 4.80. The van der Waals surface area contributed by atoms with Crippen LogP contribution in [-0.4, -0.2) is 9.71 Å². The molecule has 0 amide bonds. The first-order valence-corrected chi connectivity index (χ1v) is 6.96. The molecule has 0 bridgehead atoms. The number of epoxide rings is 1. The molecular weight excluding hydrogens is 414 g/mol. The molecule has 1 saturated heterocycles. The summed E-state index contributed by atoms with van der Waals surface area (Å²) in [5, 5.41) is 0. The number of ether oxygens (including phenoxy) is 1. The van der Waals surface area contributed by atoms with E-state index in [-0.39, 0.29) is 3.61 Å². The van der Waals surface area contributed by atoms with Crippen molar-refractivity contribution in [3.8, 4) is 0 Å². The fourth-order valence-corrected chi connectivity index (χ4v) is 3.95. The topological polar surface area (TPSA) is 12.5 Å². The van der Waals surface area contributed by atoms with Gasteiger partial charge in [-0.2, -0.15) is 0 Å². The Labute approximate surface area is 115 Å². The number of alkyl halides is 1. The van der Waals surface area contributed by atoms with Crippen LogP contribution in [0, 0.1) is 3.57 Å². The number of hydrogen-bond donors (Lipinski definition) is 0. The number of fused-ring (bicyclic) bond motifs is 5. The molecule has 1 aliphatic heterocycles. The van der Waals surface area contributed by atoms with Crippen molar-refractivity contribution >= 4 is 56.3 Å². The first-order chi connectivity index (χ1) is 7.21. The zero-order valence-corrected chi connectivity index (χ0v) is 11.9. The van der Waals surface area contributed by atoms with Crippen molar-refractivity contribution in [3.05, 3.63) is 45.0 Å². The maximum Gasteiger partial charge on any atom is 0.168 e. The maximum absolute atomic E-state index is 5.75. The highest BCUT2D eigenvalue weighted by Gasteiger charge is 2.59. The highest BCUT2D eigenvalue weighted by Crippen LogP contribution is 2.61. The van der Waals surface area contributed by atoms with E-state index in [1.54, 1.807) is 0 Å². The Balaban J connectivity index is 1.95. The van der Waals surface area contributed by atoms with Crippen molar-refractivity contribution in [1.29, 1.82) is 0 Å². The normalized spacial score (nSPS) is 34.1. The number of rotatable bonds is 0.